The number of hydrogen-bond acceptors (Lipinski definition) is 3. The van der Waals surface area contributed by atoms with Gasteiger partial charge in [0.15, 0.2) is 0 Å². The summed E-state index contributed by atoms with van der Waals surface area (Å²) in [6.45, 7) is 5.18. The Labute approximate surface area is 54.7 Å². The second-order valence-electron chi connectivity index (χ2n) is 1.54. The van der Waals surface area contributed by atoms with E-state index in [1.54, 1.807) is 6.92 Å². The molecule has 4 N–H and O–H groups in total. The van der Waals surface area contributed by atoms with Crippen molar-refractivity contribution in [2.24, 2.45) is 11.5 Å². The molecule has 0 amide bonds. The van der Waals surface area contributed by atoms with Gasteiger partial charge < -0.3 is 11.5 Å². The van der Waals surface area contributed by atoms with Crippen LogP contribution in [0.25, 0.3) is 0 Å². The van der Waals surface area contributed by atoms with E-state index in [2.05, 4.69) is 19.2 Å². The van der Waals surface area contributed by atoms with Crippen LogP contribution in [0.2, 0.25) is 0 Å². The largest absolute Gasteiger partial charge is 0.401 e. The molecule has 3 heteroatoms. The van der Waals surface area contributed by atoms with Gasteiger partial charge in [-0.15, -0.1) is 12.6 Å². The fourth-order valence-electron chi connectivity index (χ4n) is 0.228. The van der Waals surface area contributed by atoms with Crippen molar-refractivity contribution >= 4 is 12.6 Å². The van der Waals surface area contributed by atoms with Crippen molar-refractivity contribution in [3.05, 3.63) is 22.9 Å². The van der Waals surface area contributed by atoms with E-state index in [1.807, 2.05) is 0 Å². The minimum Gasteiger partial charge on any atom is -0.401 e. The molecule has 0 heterocycles. The summed E-state index contributed by atoms with van der Waals surface area (Å²) in [5.41, 5.74) is 11.6. The predicted octanol–water partition coefficient (Wildman–Crippen LogP) is 0.579. The fourth-order valence-corrected chi connectivity index (χ4v) is 0.404. The Balaban J connectivity index is 4.23. The molecule has 0 aliphatic carbocycles. The molecular weight excluding hydrogens is 120 g/mol. The Morgan fingerprint density at radius 1 is 1.50 bits per heavy atom. The van der Waals surface area contributed by atoms with Gasteiger partial charge in [-0.3, -0.25) is 0 Å². The molecule has 0 saturated carbocycles. The second kappa shape index (κ2) is 2.67. The Bertz CT molecular complexity index is 133. The highest BCUT2D eigenvalue weighted by molar-refractivity contribution is 7.84. The summed E-state index contributed by atoms with van der Waals surface area (Å²) in [5.74, 6) is 0. The molecule has 0 aliphatic heterocycles. The monoisotopic (exact) mass is 130 g/mol. The molecule has 0 aromatic carbocycles. The van der Waals surface area contributed by atoms with Crippen LogP contribution in [0.1, 0.15) is 6.92 Å². The highest BCUT2D eigenvalue weighted by Crippen LogP contribution is 2.05. The highest BCUT2D eigenvalue weighted by Gasteiger charge is 1.91. The minimum atomic E-state index is 0.466. The number of hydrogen-bond donors (Lipinski definition) is 3. The van der Waals surface area contributed by atoms with Crippen LogP contribution >= 0.6 is 12.6 Å². The average Bonchev–Trinajstić information content (AvgIpc) is 1.64. The maximum Gasteiger partial charge on any atom is 0.0631 e. The van der Waals surface area contributed by atoms with Crippen molar-refractivity contribution in [3.8, 4) is 0 Å². The first-order chi connectivity index (χ1) is 3.55. The van der Waals surface area contributed by atoms with Gasteiger partial charge in [0, 0.05) is 10.6 Å². The van der Waals surface area contributed by atoms with Gasteiger partial charge in [0.25, 0.3) is 0 Å². The fraction of sp³-hybridized carbons (Fsp3) is 0.200. The van der Waals surface area contributed by atoms with Crippen molar-refractivity contribution in [3.63, 3.8) is 0 Å². The van der Waals surface area contributed by atoms with Crippen molar-refractivity contribution < 1.29 is 0 Å². The van der Waals surface area contributed by atoms with Gasteiger partial charge in [-0.1, -0.05) is 6.58 Å². The second-order valence-corrected chi connectivity index (χ2v) is 2.08. The van der Waals surface area contributed by atoms with Crippen molar-refractivity contribution in [1.82, 2.24) is 0 Å². The first kappa shape index (κ1) is 7.43. The molecule has 0 bridgehead atoms. The molecule has 2 nitrogen and oxygen atoms in total. The van der Waals surface area contributed by atoms with E-state index < -0.39 is 0 Å². The quantitative estimate of drug-likeness (QED) is 0.359. The van der Waals surface area contributed by atoms with Gasteiger partial charge >= 0.3 is 0 Å². The minimum absolute atomic E-state index is 0.466. The lowest BCUT2D eigenvalue weighted by Crippen LogP contribution is -2.06. The average molecular weight is 130 g/mol. The van der Waals surface area contributed by atoms with E-state index in [1.165, 1.54) is 0 Å². The SMILES string of the molecule is C=C(S)/C(N)=C(\C)N. The normalized spacial score (nSPS) is 12.8. The maximum atomic E-state index is 5.34. The van der Waals surface area contributed by atoms with Gasteiger partial charge in [0.05, 0.1) is 5.70 Å². The summed E-state index contributed by atoms with van der Waals surface area (Å²) < 4.78 is 0. The van der Waals surface area contributed by atoms with Gasteiger partial charge in [-0.2, -0.15) is 0 Å². The van der Waals surface area contributed by atoms with Crippen LogP contribution in [-0.4, -0.2) is 0 Å². The molecule has 0 unspecified atom stereocenters. The first-order valence-corrected chi connectivity index (χ1v) is 2.60. The predicted molar refractivity (Wildman–Crippen MR) is 39.2 cm³/mol. The van der Waals surface area contributed by atoms with E-state index in [0.717, 1.165) is 0 Å². The molecule has 0 fully saturated rings. The summed E-state index contributed by atoms with van der Waals surface area (Å²) in [4.78, 5) is 0.519. The van der Waals surface area contributed by atoms with Crippen molar-refractivity contribution in [2.45, 2.75) is 6.92 Å². The summed E-state index contributed by atoms with van der Waals surface area (Å²) in [7, 11) is 0. The van der Waals surface area contributed by atoms with Gasteiger partial charge in [0.2, 0.25) is 0 Å². The molecular formula is C5H10N2S. The van der Waals surface area contributed by atoms with E-state index in [4.69, 9.17) is 11.5 Å². The highest BCUT2D eigenvalue weighted by atomic mass is 32.1. The van der Waals surface area contributed by atoms with Crippen molar-refractivity contribution in [2.75, 3.05) is 0 Å². The van der Waals surface area contributed by atoms with E-state index in [9.17, 15) is 0 Å². The Morgan fingerprint density at radius 2 is 1.88 bits per heavy atom. The lowest BCUT2D eigenvalue weighted by atomic mass is 10.3. The third kappa shape index (κ3) is 1.93. The topological polar surface area (TPSA) is 52.0 Å². The number of thiol groups is 1. The lowest BCUT2D eigenvalue weighted by Gasteiger charge is -1.98. The Morgan fingerprint density at radius 3 is 1.88 bits per heavy atom. The molecule has 0 aromatic heterocycles. The van der Waals surface area contributed by atoms with Crippen LogP contribution in [0.4, 0.5) is 0 Å². The lowest BCUT2D eigenvalue weighted by molar-refractivity contribution is 1.21. The number of nitrogens with two attached hydrogens (primary N) is 2. The van der Waals surface area contributed by atoms with Crippen molar-refractivity contribution in [1.29, 1.82) is 0 Å². The van der Waals surface area contributed by atoms with Gasteiger partial charge in [-0.25, -0.2) is 0 Å². The third-order valence-electron chi connectivity index (χ3n) is 0.736. The van der Waals surface area contributed by atoms with E-state index in [0.29, 0.717) is 16.3 Å². The molecule has 0 aromatic rings. The third-order valence-corrected chi connectivity index (χ3v) is 0.977. The summed E-state index contributed by atoms with van der Waals surface area (Å²) >= 11 is 3.88. The zero-order valence-corrected chi connectivity index (χ0v) is 5.70. The zero-order valence-electron chi connectivity index (χ0n) is 4.81. The summed E-state index contributed by atoms with van der Waals surface area (Å²) in [6, 6.07) is 0. The smallest absolute Gasteiger partial charge is 0.0631 e. The summed E-state index contributed by atoms with van der Waals surface area (Å²) in [6.07, 6.45) is 0. The Kier molecular flexibility index (Phi) is 2.48. The van der Waals surface area contributed by atoms with Gasteiger partial charge in [-0.05, 0) is 6.92 Å². The van der Waals surface area contributed by atoms with Crippen LogP contribution in [0, 0.1) is 0 Å². The number of rotatable bonds is 1. The van der Waals surface area contributed by atoms with Crippen LogP contribution in [0.5, 0.6) is 0 Å². The molecule has 0 radical (unpaired) electrons. The zero-order chi connectivity index (χ0) is 6.73. The van der Waals surface area contributed by atoms with E-state index >= 15 is 0 Å². The van der Waals surface area contributed by atoms with Gasteiger partial charge in [0.1, 0.15) is 0 Å². The molecule has 0 spiro atoms. The standard InChI is InChI=1S/C5H10N2S/c1-3(6)5(7)4(2)8/h8H,2,6-7H2,1H3/b5-3-. The first-order valence-electron chi connectivity index (χ1n) is 2.15. The molecule has 0 atom stereocenters. The van der Waals surface area contributed by atoms with Crippen LogP contribution in [0.15, 0.2) is 22.9 Å². The van der Waals surface area contributed by atoms with Crippen LogP contribution < -0.4 is 11.5 Å². The molecule has 0 rings (SSSR count). The summed E-state index contributed by atoms with van der Waals surface area (Å²) in [5, 5.41) is 0. The van der Waals surface area contributed by atoms with Crippen LogP contribution in [-0.2, 0) is 0 Å². The molecule has 46 valence electrons. The Hall–Kier alpha value is -0.570. The number of allylic oxidation sites excluding steroid dienone is 1. The maximum absolute atomic E-state index is 5.34. The molecule has 0 saturated heterocycles. The van der Waals surface area contributed by atoms with E-state index in [-0.39, 0.29) is 0 Å². The molecule has 0 aliphatic rings. The van der Waals surface area contributed by atoms with Crippen LogP contribution in [0.3, 0.4) is 0 Å². The molecule has 8 heavy (non-hydrogen) atoms.